The van der Waals surface area contributed by atoms with Gasteiger partial charge in [-0.3, -0.25) is 4.68 Å². The minimum absolute atomic E-state index is 0.540. The first-order chi connectivity index (χ1) is 11.2. The fraction of sp³-hybridized carbons (Fsp3) is 0.444. The van der Waals surface area contributed by atoms with Crippen LogP contribution in [-0.4, -0.2) is 33.7 Å². The summed E-state index contributed by atoms with van der Waals surface area (Å²) in [4.78, 5) is 6.71. The molecule has 2 N–H and O–H groups in total. The van der Waals surface area contributed by atoms with Crippen molar-refractivity contribution in [2.24, 2.45) is 16.6 Å². The van der Waals surface area contributed by atoms with Crippen LogP contribution in [0.15, 0.2) is 47.6 Å². The lowest BCUT2D eigenvalue weighted by atomic mass is 10.0. The first-order valence-electron chi connectivity index (χ1n) is 8.32. The number of hydrogen-bond donors (Lipinski definition) is 1. The second-order valence-corrected chi connectivity index (χ2v) is 6.36. The molecule has 0 aliphatic carbocycles. The Balaban J connectivity index is 1.57. The number of aliphatic imine (C=N–C) groups is 1. The van der Waals surface area contributed by atoms with Gasteiger partial charge in [0.2, 0.25) is 0 Å². The monoisotopic (exact) mass is 311 g/mol. The third-order valence-corrected chi connectivity index (χ3v) is 4.27. The van der Waals surface area contributed by atoms with Crippen molar-refractivity contribution in [3.63, 3.8) is 0 Å². The molecule has 0 bridgehead atoms. The molecule has 1 atom stereocenters. The van der Waals surface area contributed by atoms with Crippen LogP contribution in [-0.2, 0) is 13.1 Å². The molecule has 5 heteroatoms. The van der Waals surface area contributed by atoms with Crippen LogP contribution in [0, 0.1) is 5.92 Å². The van der Waals surface area contributed by atoms with E-state index in [2.05, 4.69) is 34.0 Å². The van der Waals surface area contributed by atoms with Gasteiger partial charge in [0.25, 0.3) is 0 Å². The van der Waals surface area contributed by atoms with Crippen LogP contribution in [0.4, 0.5) is 0 Å². The molecule has 1 aromatic carbocycles. The Morgan fingerprint density at radius 3 is 2.91 bits per heavy atom. The van der Waals surface area contributed by atoms with E-state index in [0.717, 1.165) is 25.3 Å². The van der Waals surface area contributed by atoms with Gasteiger partial charge in [-0.1, -0.05) is 37.3 Å². The number of rotatable bonds is 4. The van der Waals surface area contributed by atoms with E-state index in [1.54, 1.807) is 0 Å². The minimum Gasteiger partial charge on any atom is -0.370 e. The number of aromatic nitrogens is 2. The maximum atomic E-state index is 6.13. The molecule has 3 rings (SSSR count). The molecule has 2 aromatic rings. The lowest BCUT2D eigenvalue weighted by Gasteiger charge is -2.31. The SMILES string of the molecule is CC1CCCN(C(N)=NCc2ccn(Cc3ccccc3)n2)C1. The number of likely N-dealkylation sites (tertiary alicyclic amines) is 1. The summed E-state index contributed by atoms with van der Waals surface area (Å²) in [5.74, 6) is 1.34. The highest BCUT2D eigenvalue weighted by molar-refractivity contribution is 5.78. The largest absolute Gasteiger partial charge is 0.370 e. The van der Waals surface area contributed by atoms with Crippen molar-refractivity contribution in [3.8, 4) is 0 Å². The molecule has 23 heavy (non-hydrogen) atoms. The topological polar surface area (TPSA) is 59.4 Å². The van der Waals surface area contributed by atoms with Crippen LogP contribution in [0.1, 0.15) is 31.0 Å². The number of nitrogens with zero attached hydrogens (tertiary/aromatic N) is 4. The molecule has 0 saturated carbocycles. The van der Waals surface area contributed by atoms with Gasteiger partial charge in [-0.05, 0) is 30.4 Å². The molecule has 0 radical (unpaired) electrons. The van der Waals surface area contributed by atoms with Gasteiger partial charge >= 0.3 is 0 Å². The fourth-order valence-corrected chi connectivity index (χ4v) is 3.01. The summed E-state index contributed by atoms with van der Waals surface area (Å²) in [5, 5.41) is 4.57. The van der Waals surface area contributed by atoms with Gasteiger partial charge in [0.05, 0.1) is 18.8 Å². The molecule has 2 heterocycles. The quantitative estimate of drug-likeness (QED) is 0.697. The van der Waals surface area contributed by atoms with Crippen molar-refractivity contribution >= 4 is 5.96 Å². The van der Waals surface area contributed by atoms with Gasteiger partial charge in [0.15, 0.2) is 5.96 Å². The molecule has 1 aromatic heterocycles. The molecule has 1 unspecified atom stereocenters. The van der Waals surface area contributed by atoms with Gasteiger partial charge in [-0.25, -0.2) is 4.99 Å². The standard InChI is InChI=1S/C18H25N5/c1-15-6-5-10-22(13-15)18(19)20-12-17-9-11-23(21-17)14-16-7-3-2-4-8-16/h2-4,7-9,11,15H,5-6,10,12-14H2,1H3,(H2,19,20). The van der Waals surface area contributed by atoms with Crippen LogP contribution in [0.25, 0.3) is 0 Å². The Morgan fingerprint density at radius 2 is 2.13 bits per heavy atom. The smallest absolute Gasteiger partial charge is 0.191 e. The Hall–Kier alpha value is -2.30. The predicted octanol–water partition coefficient (Wildman–Crippen LogP) is 2.48. The second kappa shape index (κ2) is 7.31. The summed E-state index contributed by atoms with van der Waals surface area (Å²) in [7, 11) is 0. The number of benzene rings is 1. The van der Waals surface area contributed by atoms with Gasteiger partial charge in [0.1, 0.15) is 0 Å². The third kappa shape index (κ3) is 4.34. The van der Waals surface area contributed by atoms with Crippen molar-refractivity contribution in [2.75, 3.05) is 13.1 Å². The van der Waals surface area contributed by atoms with Crippen LogP contribution in [0.5, 0.6) is 0 Å². The average molecular weight is 311 g/mol. The van der Waals surface area contributed by atoms with E-state index in [0.29, 0.717) is 18.4 Å². The van der Waals surface area contributed by atoms with Gasteiger partial charge in [0, 0.05) is 19.3 Å². The highest BCUT2D eigenvalue weighted by atomic mass is 15.3. The number of guanidine groups is 1. The summed E-state index contributed by atoms with van der Waals surface area (Å²) in [6, 6.07) is 12.3. The van der Waals surface area contributed by atoms with E-state index in [9.17, 15) is 0 Å². The zero-order valence-electron chi connectivity index (χ0n) is 13.7. The second-order valence-electron chi connectivity index (χ2n) is 6.36. The zero-order chi connectivity index (χ0) is 16.1. The van der Waals surface area contributed by atoms with Gasteiger partial charge in [-0.15, -0.1) is 0 Å². The Kier molecular flexibility index (Phi) is 4.95. The molecule has 0 amide bonds. The molecule has 1 aliphatic heterocycles. The van der Waals surface area contributed by atoms with Crippen LogP contribution >= 0.6 is 0 Å². The van der Waals surface area contributed by atoms with Crippen molar-refractivity contribution in [3.05, 3.63) is 53.9 Å². The zero-order valence-corrected chi connectivity index (χ0v) is 13.7. The van der Waals surface area contributed by atoms with E-state index in [1.165, 1.54) is 18.4 Å². The van der Waals surface area contributed by atoms with Crippen molar-refractivity contribution in [2.45, 2.75) is 32.9 Å². The van der Waals surface area contributed by atoms with E-state index >= 15 is 0 Å². The predicted molar refractivity (Wildman–Crippen MR) is 93.1 cm³/mol. The third-order valence-electron chi connectivity index (χ3n) is 4.27. The van der Waals surface area contributed by atoms with Crippen molar-refractivity contribution in [1.82, 2.24) is 14.7 Å². The summed E-state index contributed by atoms with van der Waals surface area (Å²) in [6.45, 7) is 5.62. The minimum atomic E-state index is 0.540. The average Bonchev–Trinajstić information content (AvgIpc) is 3.01. The van der Waals surface area contributed by atoms with Crippen molar-refractivity contribution < 1.29 is 0 Å². The molecule has 1 saturated heterocycles. The number of hydrogen-bond acceptors (Lipinski definition) is 2. The highest BCUT2D eigenvalue weighted by Gasteiger charge is 2.17. The molecule has 5 nitrogen and oxygen atoms in total. The lowest BCUT2D eigenvalue weighted by molar-refractivity contribution is 0.270. The first kappa shape index (κ1) is 15.6. The summed E-state index contributed by atoms with van der Waals surface area (Å²) in [6.07, 6.45) is 4.48. The van der Waals surface area contributed by atoms with Crippen molar-refractivity contribution in [1.29, 1.82) is 0 Å². The normalized spacial score (nSPS) is 19.1. The molecular weight excluding hydrogens is 286 g/mol. The van der Waals surface area contributed by atoms with E-state index in [4.69, 9.17) is 5.73 Å². The van der Waals surface area contributed by atoms with Crippen LogP contribution in [0.3, 0.4) is 0 Å². The highest BCUT2D eigenvalue weighted by Crippen LogP contribution is 2.15. The first-order valence-corrected chi connectivity index (χ1v) is 8.32. The van der Waals surface area contributed by atoms with E-state index < -0.39 is 0 Å². The summed E-state index contributed by atoms with van der Waals surface area (Å²) >= 11 is 0. The Labute approximate surface area is 137 Å². The van der Waals surface area contributed by atoms with Gasteiger partial charge < -0.3 is 10.6 Å². The van der Waals surface area contributed by atoms with Gasteiger partial charge in [-0.2, -0.15) is 5.10 Å². The number of piperidine rings is 1. The van der Waals surface area contributed by atoms with E-state index in [1.807, 2.05) is 35.1 Å². The molecular formula is C18H25N5. The maximum absolute atomic E-state index is 6.13. The molecule has 1 fully saturated rings. The van der Waals surface area contributed by atoms with Crippen LogP contribution < -0.4 is 5.73 Å². The number of nitrogens with two attached hydrogens (primary N) is 1. The molecule has 122 valence electrons. The maximum Gasteiger partial charge on any atom is 0.191 e. The summed E-state index contributed by atoms with van der Waals surface area (Å²) < 4.78 is 1.94. The Morgan fingerprint density at radius 1 is 1.30 bits per heavy atom. The fourth-order valence-electron chi connectivity index (χ4n) is 3.01. The van der Waals surface area contributed by atoms with E-state index in [-0.39, 0.29) is 0 Å². The summed E-state index contributed by atoms with van der Waals surface area (Å²) in [5.41, 5.74) is 8.33. The molecule has 0 spiro atoms. The Bertz CT molecular complexity index is 646. The molecule has 1 aliphatic rings. The van der Waals surface area contributed by atoms with Crippen LogP contribution in [0.2, 0.25) is 0 Å². The lowest BCUT2D eigenvalue weighted by Crippen LogP contribution is -2.43.